The molecule has 0 aliphatic carbocycles. The van der Waals surface area contributed by atoms with Gasteiger partial charge in [0.1, 0.15) is 5.75 Å². The average molecular weight is 485 g/mol. The van der Waals surface area contributed by atoms with Crippen LogP contribution in [0.3, 0.4) is 0 Å². The van der Waals surface area contributed by atoms with Crippen LogP contribution in [0.15, 0.2) is 47.4 Å². The largest absolute Gasteiger partial charge is 0.497 e. The number of hydrogen-bond donors (Lipinski definition) is 0. The summed E-state index contributed by atoms with van der Waals surface area (Å²) in [6.45, 7) is 5.43. The third kappa shape index (κ3) is 5.15. The van der Waals surface area contributed by atoms with Crippen molar-refractivity contribution in [3.8, 4) is 5.75 Å². The van der Waals surface area contributed by atoms with Gasteiger partial charge in [0.2, 0.25) is 15.9 Å². The lowest BCUT2D eigenvalue weighted by Crippen LogP contribution is -2.45. The zero-order valence-electron chi connectivity index (χ0n) is 20.5. The van der Waals surface area contributed by atoms with E-state index in [1.165, 1.54) is 0 Å². The number of nitrogens with zero attached hydrogens (tertiary/aromatic N) is 2. The molecule has 7 heteroatoms. The first-order valence-electron chi connectivity index (χ1n) is 12.3. The van der Waals surface area contributed by atoms with Crippen molar-refractivity contribution >= 4 is 15.9 Å². The van der Waals surface area contributed by atoms with Crippen molar-refractivity contribution in [3.05, 3.63) is 59.2 Å². The van der Waals surface area contributed by atoms with E-state index in [2.05, 4.69) is 17.0 Å². The Morgan fingerprint density at radius 2 is 1.59 bits per heavy atom. The van der Waals surface area contributed by atoms with Crippen LogP contribution in [0.5, 0.6) is 5.75 Å². The number of aryl methyl sites for hydroxylation is 2. The van der Waals surface area contributed by atoms with E-state index in [0.29, 0.717) is 30.8 Å². The van der Waals surface area contributed by atoms with Crippen LogP contribution in [0.25, 0.3) is 0 Å². The number of rotatable bonds is 5. The molecule has 0 unspecified atom stereocenters. The number of piperidine rings is 1. The molecule has 2 aromatic rings. The Kier molecular flexibility index (Phi) is 7.63. The molecular weight excluding hydrogens is 448 g/mol. The molecule has 2 heterocycles. The Balaban J connectivity index is 1.46. The van der Waals surface area contributed by atoms with Crippen LogP contribution in [0.2, 0.25) is 0 Å². The summed E-state index contributed by atoms with van der Waals surface area (Å²) in [6, 6.07) is 13.4. The van der Waals surface area contributed by atoms with E-state index in [4.69, 9.17) is 4.74 Å². The van der Waals surface area contributed by atoms with Gasteiger partial charge in [-0.2, -0.15) is 4.31 Å². The van der Waals surface area contributed by atoms with E-state index in [9.17, 15) is 13.2 Å². The number of ether oxygens (including phenoxy) is 1. The third-order valence-corrected chi connectivity index (χ3v) is 9.35. The summed E-state index contributed by atoms with van der Waals surface area (Å²) in [6.07, 6.45) is 5.33. The number of carbonyl (C=O) groups is 1. The number of hydrogen-bond acceptors (Lipinski definition) is 4. The zero-order valence-corrected chi connectivity index (χ0v) is 21.3. The minimum absolute atomic E-state index is 0.0678. The fourth-order valence-corrected chi connectivity index (χ4v) is 6.70. The Morgan fingerprint density at radius 3 is 2.24 bits per heavy atom. The Labute approximate surface area is 204 Å². The van der Waals surface area contributed by atoms with Crippen LogP contribution in [-0.4, -0.2) is 50.3 Å². The molecule has 0 radical (unpaired) electrons. The van der Waals surface area contributed by atoms with Crippen molar-refractivity contribution in [2.24, 2.45) is 5.92 Å². The summed E-state index contributed by atoms with van der Waals surface area (Å²) in [7, 11) is -1.89. The second-order valence-electron chi connectivity index (χ2n) is 9.59. The SMILES string of the molecule is COc1ccc([C@H]2CCCCCN2C(=O)C2CCN(S(=O)(=O)c3ccc(C)c(C)c3)CC2)cc1. The molecule has 0 bridgehead atoms. The van der Waals surface area contributed by atoms with E-state index >= 15 is 0 Å². The number of benzene rings is 2. The Hall–Kier alpha value is -2.38. The van der Waals surface area contributed by atoms with E-state index in [0.717, 1.165) is 54.7 Å². The Bertz CT molecular complexity index is 1110. The molecule has 2 aliphatic heterocycles. The van der Waals surface area contributed by atoms with Gasteiger partial charge in [-0.25, -0.2) is 8.42 Å². The lowest BCUT2D eigenvalue weighted by molar-refractivity contribution is -0.139. The maximum Gasteiger partial charge on any atom is 0.243 e. The quantitative estimate of drug-likeness (QED) is 0.608. The van der Waals surface area contributed by atoms with Crippen molar-refractivity contribution < 1.29 is 17.9 Å². The first-order chi connectivity index (χ1) is 16.3. The number of carbonyl (C=O) groups excluding carboxylic acids is 1. The highest BCUT2D eigenvalue weighted by Gasteiger charge is 2.36. The minimum Gasteiger partial charge on any atom is -0.497 e. The van der Waals surface area contributed by atoms with E-state index < -0.39 is 10.0 Å². The first kappa shape index (κ1) is 24.7. The van der Waals surface area contributed by atoms with Gasteiger partial charge >= 0.3 is 0 Å². The summed E-state index contributed by atoms with van der Waals surface area (Å²) in [4.78, 5) is 16.1. The van der Waals surface area contributed by atoms with Crippen LogP contribution in [0, 0.1) is 19.8 Å². The highest BCUT2D eigenvalue weighted by molar-refractivity contribution is 7.89. The lowest BCUT2D eigenvalue weighted by atomic mass is 9.94. The van der Waals surface area contributed by atoms with Crippen molar-refractivity contribution in [2.45, 2.75) is 63.3 Å². The molecule has 34 heavy (non-hydrogen) atoms. The Morgan fingerprint density at radius 1 is 0.882 bits per heavy atom. The molecule has 0 N–H and O–H groups in total. The molecule has 2 fully saturated rings. The summed E-state index contributed by atoms with van der Waals surface area (Å²) in [5, 5.41) is 0. The van der Waals surface area contributed by atoms with Crippen molar-refractivity contribution in [2.75, 3.05) is 26.7 Å². The molecule has 1 amide bonds. The van der Waals surface area contributed by atoms with Gasteiger partial charge in [-0.1, -0.05) is 31.0 Å². The lowest BCUT2D eigenvalue weighted by Gasteiger charge is -2.37. The van der Waals surface area contributed by atoms with Gasteiger partial charge in [0.15, 0.2) is 0 Å². The molecule has 2 aromatic carbocycles. The molecule has 6 nitrogen and oxygen atoms in total. The van der Waals surface area contributed by atoms with E-state index in [1.54, 1.807) is 23.5 Å². The van der Waals surface area contributed by atoms with Gasteiger partial charge in [0, 0.05) is 25.6 Å². The minimum atomic E-state index is -3.54. The zero-order chi connectivity index (χ0) is 24.3. The van der Waals surface area contributed by atoms with Crippen LogP contribution in [-0.2, 0) is 14.8 Å². The van der Waals surface area contributed by atoms with Gasteiger partial charge < -0.3 is 9.64 Å². The van der Waals surface area contributed by atoms with Gasteiger partial charge in [-0.3, -0.25) is 4.79 Å². The molecule has 1 atom stereocenters. The fourth-order valence-electron chi connectivity index (χ4n) is 5.15. The molecule has 0 saturated carbocycles. The van der Waals surface area contributed by atoms with Crippen LogP contribution in [0.4, 0.5) is 0 Å². The summed E-state index contributed by atoms with van der Waals surface area (Å²) in [5.74, 6) is 0.851. The molecule has 4 rings (SSSR count). The summed E-state index contributed by atoms with van der Waals surface area (Å²) < 4.78 is 33.2. The van der Waals surface area contributed by atoms with Gasteiger partial charge in [0.05, 0.1) is 18.0 Å². The predicted molar refractivity (Wildman–Crippen MR) is 133 cm³/mol. The molecule has 0 aromatic heterocycles. The predicted octanol–water partition coefficient (Wildman–Crippen LogP) is 4.86. The molecular formula is C27H36N2O4S. The smallest absolute Gasteiger partial charge is 0.243 e. The number of methoxy groups -OCH3 is 1. The number of sulfonamides is 1. The highest BCUT2D eigenvalue weighted by atomic mass is 32.2. The standard InChI is InChI=1S/C27H36N2O4S/c1-20-8-13-25(19-21(20)2)34(31,32)28-17-14-23(15-18-28)27(30)29-16-6-4-5-7-26(29)22-9-11-24(33-3)12-10-22/h8-13,19,23,26H,4-7,14-18H2,1-3H3/t26-/m1/s1. The summed E-state index contributed by atoms with van der Waals surface area (Å²) in [5.41, 5.74) is 3.19. The molecule has 2 aliphatic rings. The highest BCUT2D eigenvalue weighted by Crippen LogP contribution is 2.34. The van der Waals surface area contributed by atoms with E-state index in [-0.39, 0.29) is 17.9 Å². The normalized spacial score (nSPS) is 20.7. The topological polar surface area (TPSA) is 66.9 Å². The number of likely N-dealkylation sites (tertiary alicyclic amines) is 1. The average Bonchev–Trinajstić information content (AvgIpc) is 3.11. The maximum absolute atomic E-state index is 13.7. The molecule has 2 saturated heterocycles. The second-order valence-corrected chi connectivity index (χ2v) is 11.5. The third-order valence-electron chi connectivity index (χ3n) is 7.46. The molecule has 0 spiro atoms. The monoisotopic (exact) mass is 484 g/mol. The van der Waals surface area contributed by atoms with Crippen molar-refractivity contribution in [3.63, 3.8) is 0 Å². The van der Waals surface area contributed by atoms with Crippen LogP contribution >= 0.6 is 0 Å². The molecule has 184 valence electrons. The van der Waals surface area contributed by atoms with Gasteiger partial charge in [0.25, 0.3) is 0 Å². The second kappa shape index (κ2) is 10.5. The van der Waals surface area contributed by atoms with Crippen LogP contribution in [0.1, 0.15) is 61.3 Å². The summed E-state index contributed by atoms with van der Waals surface area (Å²) >= 11 is 0. The van der Waals surface area contributed by atoms with Crippen molar-refractivity contribution in [1.29, 1.82) is 0 Å². The first-order valence-corrected chi connectivity index (χ1v) is 13.8. The van der Waals surface area contributed by atoms with Gasteiger partial charge in [-0.15, -0.1) is 0 Å². The van der Waals surface area contributed by atoms with Crippen LogP contribution < -0.4 is 4.74 Å². The van der Waals surface area contributed by atoms with E-state index in [1.807, 2.05) is 32.0 Å². The number of amides is 1. The maximum atomic E-state index is 13.7. The van der Waals surface area contributed by atoms with Gasteiger partial charge in [-0.05, 0) is 80.5 Å². The fraction of sp³-hybridized carbons (Fsp3) is 0.519. The van der Waals surface area contributed by atoms with Crippen molar-refractivity contribution in [1.82, 2.24) is 9.21 Å².